The largest absolute Gasteiger partial charge is 0.466 e. The molecule has 1 fully saturated rings. The van der Waals surface area contributed by atoms with Crippen molar-refractivity contribution >= 4 is 29.5 Å². The molecular formula is C13H25NO2S2. The van der Waals surface area contributed by atoms with Crippen molar-refractivity contribution in [2.24, 2.45) is 0 Å². The molecule has 3 nitrogen and oxygen atoms in total. The average Bonchev–Trinajstić information content (AvgIpc) is 2.39. The monoisotopic (exact) mass is 291 g/mol. The van der Waals surface area contributed by atoms with Gasteiger partial charge in [0.05, 0.1) is 6.61 Å². The molecular weight excluding hydrogens is 266 g/mol. The number of thioether (sulfide) groups is 2. The van der Waals surface area contributed by atoms with E-state index in [1.54, 1.807) is 0 Å². The van der Waals surface area contributed by atoms with Crippen molar-refractivity contribution in [2.45, 2.75) is 37.9 Å². The fourth-order valence-electron chi connectivity index (χ4n) is 1.85. The predicted octanol–water partition coefficient (Wildman–Crippen LogP) is 2.55. The van der Waals surface area contributed by atoms with Gasteiger partial charge in [-0.15, -0.1) is 0 Å². The molecule has 1 aliphatic heterocycles. The van der Waals surface area contributed by atoms with Crippen LogP contribution in [0.5, 0.6) is 0 Å². The second-order valence-electron chi connectivity index (χ2n) is 4.39. The molecule has 1 aliphatic rings. The first kappa shape index (κ1) is 16.2. The lowest BCUT2D eigenvalue weighted by Crippen LogP contribution is -2.29. The van der Waals surface area contributed by atoms with Gasteiger partial charge in [-0.2, -0.15) is 23.5 Å². The summed E-state index contributed by atoms with van der Waals surface area (Å²) >= 11 is 4.17. The number of hydrogen-bond acceptors (Lipinski definition) is 5. The van der Waals surface area contributed by atoms with Gasteiger partial charge in [0.1, 0.15) is 0 Å². The van der Waals surface area contributed by atoms with Gasteiger partial charge in [-0.3, -0.25) is 4.79 Å². The summed E-state index contributed by atoms with van der Waals surface area (Å²) in [6.45, 7) is 4.56. The molecule has 18 heavy (non-hydrogen) atoms. The van der Waals surface area contributed by atoms with E-state index in [4.69, 9.17) is 4.74 Å². The topological polar surface area (TPSA) is 38.3 Å². The minimum atomic E-state index is -0.0545. The van der Waals surface area contributed by atoms with E-state index in [1.807, 2.05) is 6.92 Å². The van der Waals surface area contributed by atoms with Gasteiger partial charge in [0.25, 0.3) is 0 Å². The molecule has 1 rings (SSSR count). The maximum atomic E-state index is 11.1. The van der Waals surface area contributed by atoms with Gasteiger partial charge in [0, 0.05) is 35.5 Å². The molecule has 106 valence electrons. The van der Waals surface area contributed by atoms with E-state index in [9.17, 15) is 4.79 Å². The van der Waals surface area contributed by atoms with Crippen LogP contribution in [0.3, 0.4) is 0 Å². The van der Waals surface area contributed by atoms with E-state index in [2.05, 4.69) is 28.8 Å². The van der Waals surface area contributed by atoms with Crippen molar-refractivity contribution in [3.05, 3.63) is 0 Å². The molecule has 1 saturated heterocycles. The maximum absolute atomic E-state index is 11.1. The molecule has 0 spiro atoms. The SMILES string of the molecule is CCOC(=O)CCCCCNCC1CSCCS1. The number of carbonyl (C=O) groups is 1. The average molecular weight is 291 g/mol. The van der Waals surface area contributed by atoms with Crippen molar-refractivity contribution in [3.8, 4) is 0 Å². The summed E-state index contributed by atoms with van der Waals surface area (Å²) in [6.07, 6.45) is 3.79. The zero-order valence-electron chi connectivity index (χ0n) is 11.3. The van der Waals surface area contributed by atoms with Gasteiger partial charge >= 0.3 is 5.97 Å². The van der Waals surface area contributed by atoms with Crippen molar-refractivity contribution < 1.29 is 9.53 Å². The Morgan fingerprint density at radius 1 is 1.33 bits per heavy atom. The van der Waals surface area contributed by atoms with Gasteiger partial charge in [-0.05, 0) is 26.3 Å². The summed E-state index contributed by atoms with van der Waals surface area (Å²) in [7, 11) is 0. The lowest BCUT2D eigenvalue weighted by Gasteiger charge is -2.21. The summed E-state index contributed by atoms with van der Waals surface area (Å²) in [5, 5.41) is 4.31. The Morgan fingerprint density at radius 3 is 2.94 bits per heavy atom. The highest BCUT2D eigenvalue weighted by Crippen LogP contribution is 2.23. The van der Waals surface area contributed by atoms with Crippen LogP contribution in [-0.2, 0) is 9.53 Å². The Kier molecular flexibility index (Phi) is 9.89. The smallest absolute Gasteiger partial charge is 0.305 e. The normalized spacial score (nSPS) is 19.7. The van der Waals surface area contributed by atoms with Crippen LogP contribution in [0.2, 0.25) is 0 Å². The van der Waals surface area contributed by atoms with Crippen LogP contribution < -0.4 is 5.32 Å². The van der Waals surface area contributed by atoms with Crippen LogP contribution in [0.25, 0.3) is 0 Å². The fraction of sp³-hybridized carbons (Fsp3) is 0.923. The Balaban J connectivity index is 1.82. The van der Waals surface area contributed by atoms with Crippen molar-refractivity contribution in [3.63, 3.8) is 0 Å². The maximum Gasteiger partial charge on any atom is 0.305 e. The third-order valence-corrected chi connectivity index (χ3v) is 5.64. The summed E-state index contributed by atoms with van der Waals surface area (Å²) in [4.78, 5) is 11.1. The molecule has 1 heterocycles. The molecule has 1 unspecified atom stereocenters. The highest BCUT2D eigenvalue weighted by Gasteiger charge is 2.13. The summed E-state index contributed by atoms with van der Waals surface area (Å²) < 4.78 is 4.89. The minimum absolute atomic E-state index is 0.0545. The number of rotatable bonds is 9. The number of hydrogen-bond donors (Lipinski definition) is 1. The van der Waals surface area contributed by atoms with Crippen molar-refractivity contribution in [1.29, 1.82) is 0 Å². The molecule has 0 saturated carbocycles. The van der Waals surface area contributed by atoms with E-state index in [0.717, 1.165) is 37.6 Å². The summed E-state index contributed by atoms with van der Waals surface area (Å²) in [6, 6.07) is 0. The summed E-state index contributed by atoms with van der Waals surface area (Å²) in [5.74, 6) is 3.85. The molecule has 1 N–H and O–H groups in total. The number of ether oxygens (including phenoxy) is 1. The molecule has 0 amide bonds. The first-order chi connectivity index (χ1) is 8.83. The van der Waals surface area contributed by atoms with E-state index in [1.165, 1.54) is 17.3 Å². The van der Waals surface area contributed by atoms with Crippen LogP contribution in [0.15, 0.2) is 0 Å². The third kappa shape index (κ3) is 8.27. The van der Waals surface area contributed by atoms with Gasteiger partial charge < -0.3 is 10.1 Å². The molecule has 0 aromatic carbocycles. The molecule has 0 aromatic rings. The molecule has 0 bridgehead atoms. The number of nitrogens with one attached hydrogen (secondary N) is 1. The predicted molar refractivity (Wildman–Crippen MR) is 81.5 cm³/mol. The second-order valence-corrected chi connectivity index (χ2v) is 6.95. The van der Waals surface area contributed by atoms with Crippen LogP contribution in [0.1, 0.15) is 32.6 Å². The Labute approximate surface area is 119 Å². The molecule has 0 aliphatic carbocycles. The van der Waals surface area contributed by atoms with Crippen molar-refractivity contribution in [1.82, 2.24) is 5.32 Å². The second kappa shape index (κ2) is 11.0. The molecule has 1 atom stereocenters. The molecule has 5 heteroatoms. The van der Waals surface area contributed by atoms with Gasteiger partial charge in [-0.25, -0.2) is 0 Å². The van der Waals surface area contributed by atoms with Crippen LogP contribution >= 0.6 is 23.5 Å². The van der Waals surface area contributed by atoms with E-state index >= 15 is 0 Å². The number of unbranched alkanes of at least 4 members (excludes halogenated alkanes) is 2. The third-order valence-electron chi connectivity index (χ3n) is 2.80. The molecule has 0 aromatic heterocycles. The number of carbonyl (C=O) groups excluding carboxylic acids is 1. The lowest BCUT2D eigenvalue weighted by atomic mass is 10.2. The Bertz CT molecular complexity index is 221. The number of esters is 1. The highest BCUT2D eigenvalue weighted by atomic mass is 32.2. The fourth-order valence-corrected chi connectivity index (χ4v) is 4.49. The molecule has 0 radical (unpaired) electrons. The lowest BCUT2D eigenvalue weighted by molar-refractivity contribution is -0.143. The first-order valence-corrected chi connectivity index (χ1v) is 9.09. The van der Waals surface area contributed by atoms with Crippen LogP contribution in [0, 0.1) is 0 Å². The van der Waals surface area contributed by atoms with Crippen molar-refractivity contribution in [2.75, 3.05) is 37.0 Å². The van der Waals surface area contributed by atoms with Crippen LogP contribution in [-0.4, -0.2) is 48.2 Å². The zero-order chi connectivity index (χ0) is 13.1. The first-order valence-electron chi connectivity index (χ1n) is 6.88. The van der Waals surface area contributed by atoms with Gasteiger partial charge in [-0.1, -0.05) is 6.42 Å². The van der Waals surface area contributed by atoms with Crippen LogP contribution in [0.4, 0.5) is 0 Å². The van der Waals surface area contributed by atoms with E-state index in [-0.39, 0.29) is 5.97 Å². The van der Waals surface area contributed by atoms with Gasteiger partial charge in [0.15, 0.2) is 0 Å². The Morgan fingerprint density at radius 2 is 2.22 bits per heavy atom. The van der Waals surface area contributed by atoms with E-state index in [0.29, 0.717) is 13.0 Å². The standard InChI is InChI=1S/C13H25NO2S2/c1-2-16-13(15)6-4-3-5-7-14-10-12-11-17-8-9-18-12/h12,14H,2-11H2,1H3. The zero-order valence-corrected chi connectivity index (χ0v) is 12.9. The quantitative estimate of drug-likeness (QED) is 0.522. The van der Waals surface area contributed by atoms with E-state index < -0.39 is 0 Å². The highest BCUT2D eigenvalue weighted by molar-refractivity contribution is 8.06. The Hall–Kier alpha value is 0.130. The minimum Gasteiger partial charge on any atom is -0.466 e. The van der Waals surface area contributed by atoms with Gasteiger partial charge in [0.2, 0.25) is 0 Å². The summed E-state index contributed by atoms with van der Waals surface area (Å²) in [5.41, 5.74) is 0.